The Morgan fingerprint density at radius 3 is 1.95 bits per heavy atom. The maximum absolute atomic E-state index is 11.5. The van der Waals surface area contributed by atoms with E-state index in [-0.39, 0.29) is 12.0 Å². The van der Waals surface area contributed by atoms with Gasteiger partial charge in [-0.3, -0.25) is 4.79 Å². The van der Waals surface area contributed by atoms with Crippen LogP contribution < -0.4 is 0 Å². The van der Waals surface area contributed by atoms with Crippen LogP contribution in [0.3, 0.4) is 0 Å². The molecule has 3 aromatic rings. The molecule has 3 aromatic carbocycles. The third-order valence-corrected chi connectivity index (χ3v) is 5.02. The van der Waals surface area contributed by atoms with Crippen molar-refractivity contribution in [2.24, 2.45) is 17.0 Å². The van der Waals surface area contributed by atoms with E-state index in [2.05, 4.69) is 52.8 Å². The van der Waals surface area contributed by atoms with Gasteiger partial charge in [0.2, 0.25) is 0 Å². The van der Waals surface area contributed by atoms with Crippen molar-refractivity contribution < 1.29 is 9.63 Å². The third kappa shape index (κ3) is 11.3. The molecule has 39 heavy (non-hydrogen) atoms. The van der Waals surface area contributed by atoms with Crippen LogP contribution in [-0.4, -0.2) is 12.0 Å². The summed E-state index contributed by atoms with van der Waals surface area (Å²) < 4.78 is 0. The van der Waals surface area contributed by atoms with Gasteiger partial charge in [0, 0.05) is 17.0 Å². The number of hydrogen-bond acceptors (Lipinski definition) is 4. The number of benzene rings is 3. The smallest absolute Gasteiger partial charge is 0.160 e. The largest absolute Gasteiger partial charge is 0.387 e. The molecule has 210 valence electrons. The minimum atomic E-state index is -0.161. The average molecular weight is 529 g/mol. The van der Waals surface area contributed by atoms with Crippen LogP contribution in [0.1, 0.15) is 109 Å². The molecule has 0 N–H and O–H groups in total. The first-order chi connectivity index (χ1) is 18.9. The normalized spacial score (nSPS) is 14.7. The summed E-state index contributed by atoms with van der Waals surface area (Å²) in [6.07, 6.45) is 1.91. The highest BCUT2D eigenvalue weighted by atomic mass is 16.6. The van der Waals surface area contributed by atoms with Gasteiger partial charge < -0.3 is 4.84 Å². The summed E-state index contributed by atoms with van der Waals surface area (Å²) in [7, 11) is 0. The second kappa shape index (κ2) is 20.3. The Bertz CT molecular complexity index is 1160. The zero-order valence-corrected chi connectivity index (χ0v) is 25.7. The van der Waals surface area contributed by atoms with Crippen molar-refractivity contribution in [1.82, 2.24) is 0 Å². The fourth-order valence-electron chi connectivity index (χ4n) is 3.59. The summed E-state index contributed by atoms with van der Waals surface area (Å²) in [5, 5.41) is 13.8. The van der Waals surface area contributed by atoms with Crippen LogP contribution >= 0.6 is 0 Å². The Balaban J connectivity index is 0.00000115. The zero-order chi connectivity index (χ0) is 29.8. The number of carbonyl (C=O) groups excluding carboxylic acids is 1. The lowest BCUT2D eigenvalue weighted by Crippen LogP contribution is -2.15. The Morgan fingerprint density at radius 2 is 1.41 bits per heavy atom. The molecular formula is C35H48N2O2. The number of oxime groups is 1. The van der Waals surface area contributed by atoms with Crippen LogP contribution in [0.5, 0.6) is 0 Å². The van der Waals surface area contributed by atoms with E-state index in [4.69, 9.17) is 4.84 Å². The summed E-state index contributed by atoms with van der Waals surface area (Å²) in [6.45, 7) is 20.8. The van der Waals surface area contributed by atoms with Gasteiger partial charge >= 0.3 is 0 Å². The molecule has 0 saturated carbocycles. The average Bonchev–Trinajstić information content (AvgIpc) is 3.36. The van der Waals surface area contributed by atoms with Crippen LogP contribution in [-0.2, 0) is 4.84 Å². The van der Waals surface area contributed by atoms with E-state index in [1.54, 1.807) is 12.1 Å². The number of rotatable bonds is 4. The number of aldehydes is 1. The van der Waals surface area contributed by atoms with Crippen LogP contribution in [0.15, 0.2) is 78.0 Å². The van der Waals surface area contributed by atoms with Gasteiger partial charge in [-0.05, 0) is 46.9 Å². The van der Waals surface area contributed by atoms with Crippen LogP contribution in [0.25, 0.3) is 11.1 Å². The number of hydrogen-bond donors (Lipinski definition) is 0. The highest BCUT2D eigenvalue weighted by molar-refractivity contribution is 6.05. The number of nitrogens with zero attached hydrogens (tertiary/aromatic N) is 2. The van der Waals surface area contributed by atoms with Gasteiger partial charge in [-0.1, -0.05) is 129 Å². The number of nitriles is 1. The fourth-order valence-corrected chi connectivity index (χ4v) is 3.59. The monoisotopic (exact) mass is 528 g/mol. The molecule has 0 radical (unpaired) electrons. The maximum atomic E-state index is 11.5. The molecule has 4 heteroatoms. The zero-order valence-electron chi connectivity index (χ0n) is 25.7. The summed E-state index contributed by atoms with van der Waals surface area (Å²) in [5.74, 6) is 0.864. The molecule has 0 spiro atoms. The van der Waals surface area contributed by atoms with Crippen LogP contribution in [0.2, 0.25) is 0 Å². The lowest BCUT2D eigenvalue weighted by atomic mass is 9.88. The van der Waals surface area contributed by atoms with Gasteiger partial charge in [-0.25, -0.2) is 0 Å². The molecule has 2 unspecified atom stereocenters. The van der Waals surface area contributed by atoms with Crippen molar-refractivity contribution in [1.29, 1.82) is 5.26 Å². The molecule has 0 amide bonds. The van der Waals surface area contributed by atoms with E-state index >= 15 is 0 Å². The van der Waals surface area contributed by atoms with Crippen molar-refractivity contribution >= 4 is 12.0 Å². The van der Waals surface area contributed by atoms with E-state index < -0.39 is 0 Å². The summed E-state index contributed by atoms with van der Waals surface area (Å²) in [5.41, 5.74) is 5.41. The lowest BCUT2D eigenvalue weighted by molar-refractivity contribution is 0.0653. The Morgan fingerprint density at radius 1 is 0.897 bits per heavy atom. The topological polar surface area (TPSA) is 62.5 Å². The second-order valence-corrected chi connectivity index (χ2v) is 9.26. The quantitative estimate of drug-likeness (QED) is 0.316. The predicted molar refractivity (Wildman–Crippen MR) is 167 cm³/mol. The first kappa shape index (κ1) is 35.3. The highest BCUT2D eigenvalue weighted by Gasteiger charge is 2.32. The first-order valence-corrected chi connectivity index (χ1v) is 14.2. The van der Waals surface area contributed by atoms with Crippen LogP contribution in [0.4, 0.5) is 0 Å². The molecule has 1 aliphatic rings. The molecule has 2 atom stereocenters. The summed E-state index contributed by atoms with van der Waals surface area (Å²) in [6, 6.07) is 25.1. The molecule has 0 saturated heterocycles. The Labute approximate surface area is 237 Å². The summed E-state index contributed by atoms with van der Waals surface area (Å²) >= 11 is 0. The van der Waals surface area contributed by atoms with Gasteiger partial charge in [-0.15, -0.1) is 0 Å². The van der Waals surface area contributed by atoms with Gasteiger partial charge in [0.15, 0.2) is 6.10 Å². The standard InChI is InChI=1S/C24H18N2O2.C4H10.C3H8.2C2H6/c1-16-23(26-28-24(16)18-7-3-2-4-8-18)21-12-17(15-27)11-20(13-21)22-10-6-5-9-19(22)14-25;1-4(2)3;1-3-2;2*1-2/h2-13,15-16,24H,1H3;4H,1-3H3;3H2,1-2H3;2*1-2H3. The number of carbonyl (C=O) groups is 1. The minimum absolute atomic E-state index is 0.0309. The molecule has 0 bridgehead atoms. The lowest BCUT2D eigenvalue weighted by Gasteiger charge is -2.15. The second-order valence-electron chi connectivity index (χ2n) is 9.26. The molecule has 4 nitrogen and oxygen atoms in total. The molecule has 0 fully saturated rings. The van der Waals surface area contributed by atoms with E-state index in [0.29, 0.717) is 11.1 Å². The van der Waals surface area contributed by atoms with Gasteiger partial charge in [0.05, 0.1) is 17.3 Å². The van der Waals surface area contributed by atoms with Crippen molar-refractivity contribution in [3.63, 3.8) is 0 Å². The minimum Gasteiger partial charge on any atom is -0.387 e. The van der Waals surface area contributed by atoms with E-state index in [0.717, 1.165) is 40.2 Å². The van der Waals surface area contributed by atoms with E-state index in [9.17, 15) is 10.1 Å². The molecular weight excluding hydrogens is 480 g/mol. The van der Waals surface area contributed by atoms with E-state index in [1.807, 2.05) is 88.4 Å². The van der Waals surface area contributed by atoms with Gasteiger partial charge in [0.25, 0.3) is 0 Å². The molecule has 4 rings (SSSR count). The fraction of sp³-hybridized carbons (Fsp3) is 0.400. The molecule has 1 heterocycles. The van der Waals surface area contributed by atoms with Gasteiger partial charge in [0.1, 0.15) is 6.29 Å². The van der Waals surface area contributed by atoms with E-state index in [1.165, 1.54) is 6.42 Å². The first-order valence-electron chi connectivity index (χ1n) is 14.2. The SMILES string of the molecule is CC.CC.CC(C)C.CC1C(c2cc(C=O)cc(-c3ccccc3C#N)c2)=NOC1c1ccccc1.CCC. The van der Waals surface area contributed by atoms with Crippen LogP contribution in [0, 0.1) is 23.2 Å². The van der Waals surface area contributed by atoms with Crippen molar-refractivity contribution in [2.45, 2.75) is 81.8 Å². The Kier molecular flexibility index (Phi) is 18.3. The Hall–Kier alpha value is -3.71. The predicted octanol–water partition coefficient (Wildman–Crippen LogP) is 10.3. The van der Waals surface area contributed by atoms with Crippen molar-refractivity contribution in [3.05, 3.63) is 95.1 Å². The molecule has 1 aliphatic heterocycles. The summed E-state index contributed by atoms with van der Waals surface area (Å²) in [4.78, 5) is 17.3. The molecule has 0 aromatic heterocycles. The van der Waals surface area contributed by atoms with Crippen molar-refractivity contribution in [3.8, 4) is 17.2 Å². The van der Waals surface area contributed by atoms with Crippen molar-refractivity contribution in [2.75, 3.05) is 0 Å². The highest BCUT2D eigenvalue weighted by Crippen LogP contribution is 2.36. The van der Waals surface area contributed by atoms with Gasteiger partial charge in [-0.2, -0.15) is 5.26 Å². The third-order valence-electron chi connectivity index (χ3n) is 5.02. The molecule has 0 aliphatic carbocycles. The maximum Gasteiger partial charge on any atom is 0.160 e.